The van der Waals surface area contributed by atoms with Crippen molar-refractivity contribution in [1.82, 2.24) is 4.98 Å². The number of para-hydroxylation sites is 1. The molecule has 1 aromatic carbocycles. The van der Waals surface area contributed by atoms with E-state index < -0.39 is 0 Å². The zero-order valence-electron chi connectivity index (χ0n) is 7.60. The highest BCUT2D eigenvalue weighted by molar-refractivity contribution is 5.73. The van der Waals surface area contributed by atoms with E-state index >= 15 is 0 Å². The van der Waals surface area contributed by atoms with Crippen molar-refractivity contribution in [3.05, 3.63) is 48.3 Å². The van der Waals surface area contributed by atoms with E-state index in [-0.39, 0.29) is 0 Å². The molecule has 0 amide bonds. The minimum Gasteiger partial charge on any atom is -0.488 e. The maximum absolute atomic E-state index is 5.62. The summed E-state index contributed by atoms with van der Waals surface area (Å²) >= 11 is 0. The Morgan fingerprint density at radius 3 is 3.00 bits per heavy atom. The van der Waals surface area contributed by atoms with Gasteiger partial charge in [0, 0.05) is 29.1 Å². The van der Waals surface area contributed by atoms with Gasteiger partial charge in [0.05, 0.1) is 0 Å². The van der Waals surface area contributed by atoms with Crippen LogP contribution in [0, 0.1) is 0 Å². The molecule has 0 bridgehead atoms. The standard InChI is InChI=1S/C12H9NO/c1-2-4-12-10(3-1)11-7-13-6-5-9(11)8-14-12/h1-7H,8H2. The Labute approximate surface area is 82.2 Å². The van der Waals surface area contributed by atoms with Crippen molar-refractivity contribution in [3.8, 4) is 16.9 Å². The monoisotopic (exact) mass is 183 g/mol. The predicted octanol–water partition coefficient (Wildman–Crippen LogP) is 2.64. The van der Waals surface area contributed by atoms with E-state index in [1.165, 1.54) is 11.1 Å². The van der Waals surface area contributed by atoms with Crippen molar-refractivity contribution in [2.24, 2.45) is 0 Å². The van der Waals surface area contributed by atoms with E-state index in [4.69, 9.17) is 4.74 Å². The lowest BCUT2D eigenvalue weighted by Crippen LogP contribution is -2.05. The summed E-state index contributed by atoms with van der Waals surface area (Å²) in [4.78, 5) is 4.14. The first-order valence-corrected chi connectivity index (χ1v) is 4.60. The van der Waals surface area contributed by atoms with Crippen LogP contribution in [0.4, 0.5) is 0 Å². The first-order valence-electron chi connectivity index (χ1n) is 4.60. The molecule has 0 fully saturated rings. The van der Waals surface area contributed by atoms with Gasteiger partial charge >= 0.3 is 0 Å². The summed E-state index contributed by atoms with van der Waals surface area (Å²) in [6, 6.07) is 10.1. The number of hydrogen-bond acceptors (Lipinski definition) is 2. The third kappa shape index (κ3) is 1.01. The van der Waals surface area contributed by atoms with E-state index in [0.717, 1.165) is 11.3 Å². The summed E-state index contributed by atoms with van der Waals surface area (Å²) < 4.78 is 5.62. The predicted molar refractivity (Wildman–Crippen MR) is 54.0 cm³/mol. The molecular weight excluding hydrogens is 174 g/mol. The molecule has 0 atom stereocenters. The summed E-state index contributed by atoms with van der Waals surface area (Å²) in [5.74, 6) is 0.952. The average molecular weight is 183 g/mol. The topological polar surface area (TPSA) is 22.1 Å². The van der Waals surface area contributed by atoms with Crippen LogP contribution in [0.5, 0.6) is 5.75 Å². The molecule has 1 aromatic heterocycles. The minimum absolute atomic E-state index is 0.648. The van der Waals surface area contributed by atoms with Crippen LogP contribution in [0.3, 0.4) is 0 Å². The highest BCUT2D eigenvalue weighted by Crippen LogP contribution is 2.36. The molecular formula is C12H9NO. The Kier molecular flexibility index (Phi) is 1.53. The Morgan fingerprint density at radius 2 is 2.00 bits per heavy atom. The molecule has 0 saturated carbocycles. The Bertz CT molecular complexity index is 434. The second-order valence-corrected chi connectivity index (χ2v) is 3.32. The van der Waals surface area contributed by atoms with Gasteiger partial charge in [-0.1, -0.05) is 18.2 Å². The van der Waals surface area contributed by atoms with Gasteiger partial charge in [0.1, 0.15) is 12.4 Å². The molecule has 0 aliphatic carbocycles. The summed E-state index contributed by atoms with van der Waals surface area (Å²) in [7, 11) is 0. The maximum Gasteiger partial charge on any atom is 0.127 e. The van der Waals surface area contributed by atoms with Crippen molar-refractivity contribution < 1.29 is 4.74 Å². The summed E-state index contributed by atoms with van der Waals surface area (Å²) in [6.07, 6.45) is 3.70. The number of aromatic nitrogens is 1. The Morgan fingerprint density at radius 1 is 1.07 bits per heavy atom. The van der Waals surface area contributed by atoms with Crippen LogP contribution in [0.25, 0.3) is 11.1 Å². The fourth-order valence-corrected chi connectivity index (χ4v) is 1.76. The smallest absolute Gasteiger partial charge is 0.127 e. The summed E-state index contributed by atoms with van der Waals surface area (Å²) in [5.41, 5.74) is 3.54. The number of fused-ring (bicyclic) bond motifs is 3. The molecule has 2 heteroatoms. The molecule has 14 heavy (non-hydrogen) atoms. The highest BCUT2D eigenvalue weighted by Gasteiger charge is 2.15. The lowest BCUT2D eigenvalue weighted by atomic mass is 10.00. The van der Waals surface area contributed by atoms with Crippen LogP contribution in [-0.2, 0) is 6.61 Å². The molecule has 3 rings (SSSR count). The first-order chi connectivity index (χ1) is 6.95. The van der Waals surface area contributed by atoms with Gasteiger partial charge in [-0.15, -0.1) is 0 Å². The van der Waals surface area contributed by atoms with Crippen LogP contribution < -0.4 is 4.74 Å². The molecule has 1 aliphatic rings. The van der Waals surface area contributed by atoms with Crippen molar-refractivity contribution >= 4 is 0 Å². The molecule has 2 aromatic rings. The first kappa shape index (κ1) is 7.56. The van der Waals surface area contributed by atoms with Gasteiger partial charge < -0.3 is 4.74 Å². The molecule has 0 radical (unpaired) electrons. The van der Waals surface area contributed by atoms with Crippen molar-refractivity contribution in [3.63, 3.8) is 0 Å². The SMILES string of the molecule is c1ccc2c(c1)OCc1ccncc1-2. The van der Waals surface area contributed by atoms with Gasteiger partial charge in [0.15, 0.2) is 0 Å². The average Bonchev–Trinajstić information content (AvgIpc) is 2.29. The van der Waals surface area contributed by atoms with Crippen LogP contribution >= 0.6 is 0 Å². The number of ether oxygens (including phenoxy) is 1. The molecule has 0 unspecified atom stereocenters. The second kappa shape index (κ2) is 2.84. The third-order valence-electron chi connectivity index (χ3n) is 2.47. The van der Waals surface area contributed by atoms with Gasteiger partial charge in [-0.3, -0.25) is 4.98 Å². The largest absolute Gasteiger partial charge is 0.488 e. The van der Waals surface area contributed by atoms with E-state index in [0.29, 0.717) is 6.61 Å². The van der Waals surface area contributed by atoms with Crippen molar-refractivity contribution in [1.29, 1.82) is 0 Å². The zero-order valence-corrected chi connectivity index (χ0v) is 7.60. The van der Waals surface area contributed by atoms with E-state index in [9.17, 15) is 0 Å². The van der Waals surface area contributed by atoms with Crippen LogP contribution in [0.2, 0.25) is 0 Å². The van der Waals surface area contributed by atoms with E-state index in [2.05, 4.69) is 11.1 Å². The normalized spacial score (nSPS) is 12.6. The lowest BCUT2D eigenvalue weighted by molar-refractivity contribution is 0.302. The number of pyridine rings is 1. The fourth-order valence-electron chi connectivity index (χ4n) is 1.76. The highest BCUT2D eigenvalue weighted by atomic mass is 16.5. The molecule has 0 spiro atoms. The molecule has 0 saturated heterocycles. The van der Waals surface area contributed by atoms with Crippen LogP contribution in [0.1, 0.15) is 5.56 Å². The second-order valence-electron chi connectivity index (χ2n) is 3.32. The van der Waals surface area contributed by atoms with Crippen molar-refractivity contribution in [2.45, 2.75) is 6.61 Å². The molecule has 2 heterocycles. The van der Waals surface area contributed by atoms with Crippen LogP contribution in [-0.4, -0.2) is 4.98 Å². The molecule has 0 N–H and O–H groups in total. The fraction of sp³-hybridized carbons (Fsp3) is 0.0833. The van der Waals surface area contributed by atoms with E-state index in [1.54, 1.807) is 6.20 Å². The molecule has 2 nitrogen and oxygen atoms in total. The maximum atomic E-state index is 5.62. The zero-order chi connectivity index (χ0) is 9.38. The summed E-state index contributed by atoms with van der Waals surface area (Å²) in [6.45, 7) is 0.648. The number of benzene rings is 1. The third-order valence-corrected chi connectivity index (χ3v) is 2.47. The minimum atomic E-state index is 0.648. The number of hydrogen-bond donors (Lipinski definition) is 0. The lowest BCUT2D eigenvalue weighted by Gasteiger charge is -2.19. The number of nitrogens with zero attached hydrogens (tertiary/aromatic N) is 1. The molecule has 1 aliphatic heterocycles. The van der Waals surface area contributed by atoms with Crippen LogP contribution in [0.15, 0.2) is 42.7 Å². The van der Waals surface area contributed by atoms with Gasteiger partial charge in [-0.25, -0.2) is 0 Å². The Balaban J connectivity index is 2.29. The van der Waals surface area contributed by atoms with Gasteiger partial charge in [0.25, 0.3) is 0 Å². The van der Waals surface area contributed by atoms with Gasteiger partial charge in [-0.05, 0) is 12.1 Å². The van der Waals surface area contributed by atoms with E-state index in [1.807, 2.05) is 30.5 Å². The van der Waals surface area contributed by atoms with Crippen molar-refractivity contribution in [2.75, 3.05) is 0 Å². The summed E-state index contributed by atoms with van der Waals surface area (Å²) in [5, 5.41) is 0. The Hall–Kier alpha value is -1.83. The quantitative estimate of drug-likeness (QED) is 0.626. The molecule has 68 valence electrons. The number of rotatable bonds is 0. The van der Waals surface area contributed by atoms with Gasteiger partial charge in [-0.2, -0.15) is 0 Å². The van der Waals surface area contributed by atoms with Gasteiger partial charge in [0.2, 0.25) is 0 Å².